The van der Waals surface area contributed by atoms with Gasteiger partial charge in [0.25, 0.3) is 5.91 Å². The van der Waals surface area contributed by atoms with Crippen LogP contribution in [0.3, 0.4) is 0 Å². The Labute approximate surface area is 139 Å². The third-order valence-electron chi connectivity index (χ3n) is 3.68. The fraction of sp³-hybridized carbons (Fsp3) is 0.562. The molecule has 0 saturated heterocycles. The summed E-state index contributed by atoms with van der Waals surface area (Å²) in [5.74, 6) is -0.902. The number of rotatable bonds is 7. The van der Waals surface area contributed by atoms with Crippen molar-refractivity contribution < 1.29 is 19.1 Å². The van der Waals surface area contributed by atoms with Crippen molar-refractivity contribution in [1.82, 2.24) is 5.32 Å². The summed E-state index contributed by atoms with van der Waals surface area (Å²) in [6.07, 6.45) is 2.61. The maximum absolute atomic E-state index is 12.3. The zero-order chi connectivity index (χ0) is 17.0. The SMILES string of the molecule is CCCNC(=O)COC(=O)c1c(NC(=O)C2CC2)sc(C)c1C. The fourth-order valence-electron chi connectivity index (χ4n) is 2.04. The number of carbonyl (C=O) groups excluding carboxylic acids is 3. The molecule has 0 aliphatic heterocycles. The topological polar surface area (TPSA) is 84.5 Å². The normalized spacial score (nSPS) is 13.5. The highest BCUT2D eigenvalue weighted by Gasteiger charge is 2.31. The van der Waals surface area contributed by atoms with Gasteiger partial charge < -0.3 is 15.4 Å². The number of hydrogen-bond donors (Lipinski definition) is 2. The zero-order valence-electron chi connectivity index (χ0n) is 13.7. The first-order chi connectivity index (χ1) is 10.9. The lowest BCUT2D eigenvalue weighted by molar-refractivity contribution is -0.124. The van der Waals surface area contributed by atoms with E-state index in [-0.39, 0.29) is 24.3 Å². The second-order valence-corrected chi connectivity index (χ2v) is 6.90. The number of esters is 1. The average molecular weight is 338 g/mol. The lowest BCUT2D eigenvalue weighted by Crippen LogP contribution is -2.29. The van der Waals surface area contributed by atoms with Crippen molar-refractivity contribution in [3.05, 3.63) is 16.0 Å². The number of hydrogen-bond acceptors (Lipinski definition) is 5. The number of amides is 2. The van der Waals surface area contributed by atoms with Crippen LogP contribution in [0.5, 0.6) is 0 Å². The summed E-state index contributed by atoms with van der Waals surface area (Å²) in [7, 11) is 0. The van der Waals surface area contributed by atoms with E-state index in [1.54, 1.807) is 0 Å². The van der Waals surface area contributed by atoms with E-state index in [4.69, 9.17) is 4.74 Å². The van der Waals surface area contributed by atoms with Gasteiger partial charge in [-0.2, -0.15) is 0 Å². The third-order valence-corrected chi connectivity index (χ3v) is 4.80. The molecule has 2 N–H and O–H groups in total. The van der Waals surface area contributed by atoms with Crippen LogP contribution in [0.1, 0.15) is 47.0 Å². The molecule has 1 saturated carbocycles. The Hall–Kier alpha value is -1.89. The van der Waals surface area contributed by atoms with Gasteiger partial charge in [-0.1, -0.05) is 6.92 Å². The predicted molar refractivity (Wildman–Crippen MR) is 88.7 cm³/mol. The highest BCUT2D eigenvalue weighted by Crippen LogP contribution is 2.36. The molecule has 1 aromatic rings. The Morgan fingerprint density at radius 2 is 1.96 bits per heavy atom. The molecule has 0 spiro atoms. The van der Waals surface area contributed by atoms with Crippen LogP contribution in [0.2, 0.25) is 0 Å². The first-order valence-electron chi connectivity index (χ1n) is 7.78. The van der Waals surface area contributed by atoms with Crippen molar-refractivity contribution in [3.8, 4) is 0 Å². The monoisotopic (exact) mass is 338 g/mol. The molecule has 6 nitrogen and oxygen atoms in total. The van der Waals surface area contributed by atoms with Crippen molar-refractivity contribution in [2.45, 2.75) is 40.0 Å². The van der Waals surface area contributed by atoms with Gasteiger partial charge in [0.15, 0.2) is 6.61 Å². The quantitative estimate of drug-likeness (QED) is 0.748. The van der Waals surface area contributed by atoms with Gasteiger partial charge in [-0.25, -0.2) is 4.79 Å². The molecule has 1 aliphatic carbocycles. The molecule has 0 bridgehead atoms. The standard InChI is InChI=1S/C16H22N2O4S/c1-4-7-17-12(19)8-22-16(21)13-9(2)10(3)23-15(13)18-14(20)11-5-6-11/h11H,4-8H2,1-3H3,(H,17,19)(H,18,20). The van der Waals surface area contributed by atoms with E-state index >= 15 is 0 Å². The molecule has 23 heavy (non-hydrogen) atoms. The van der Waals surface area contributed by atoms with Gasteiger partial charge in [-0.05, 0) is 38.7 Å². The summed E-state index contributed by atoms with van der Waals surface area (Å²) >= 11 is 1.36. The number of ether oxygens (including phenoxy) is 1. The van der Waals surface area contributed by atoms with Crippen LogP contribution in [0.15, 0.2) is 0 Å². The number of carbonyl (C=O) groups is 3. The van der Waals surface area contributed by atoms with Gasteiger partial charge in [0, 0.05) is 17.3 Å². The Morgan fingerprint density at radius 1 is 1.26 bits per heavy atom. The number of thiophene rings is 1. The van der Waals surface area contributed by atoms with Gasteiger partial charge in [0.2, 0.25) is 5.91 Å². The summed E-state index contributed by atoms with van der Waals surface area (Å²) < 4.78 is 5.08. The van der Waals surface area contributed by atoms with E-state index in [9.17, 15) is 14.4 Å². The zero-order valence-corrected chi connectivity index (χ0v) is 14.5. The second kappa shape index (κ2) is 7.59. The summed E-state index contributed by atoms with van der Waals surface area (Å²) in [6, 6.07) is 0. The van der Waals surface area contributed by atoms with E-state index < -0.39 is 5.97 Å². The highest BCUT2D eigenvalue weighted by molar-refractivity contribution is 7.16. The van der Waals surface area contributed by atoms with Crippen LogP contribution in [-0.4, -0.2) is 30.9 Å². The van der Waals surface area contributed by atoms with Crippen molar-refractivity contribution in [3.63, 3.8) is 0 Å². The van der Waals surface area contributed by atoms with Crippen molar-refractivity contribution in [2.24, 2.45) is 5.92 Å². The summed E-state index contributed by atoms with van der Waals surface area (Å²) in [5, 5.41) is 5.97. The van der Waals surface area contributed by atoms with E-state index in [0.29, 0.717) is 17.1 Å². The van der Waals surface area contributed by atoms with Gasteiger partial charge in [-0.3, -0.25) is 9.59 Å². The summed E-state index contributed by atoms with van der Waals surface area (Å²) in [6.45, 7) is 5.88. The molecule has 7 heteroatoms. The first-order valence-corrected chi connectivity index (χ1v) is 8.60. The first kappa shape index (κ1) is 17.5. The Kier molecular flexibility index (Phi) is 5.76. The number of anilines is 1. The van der Waals surface area contributed by atoms with Crippen LogP contribution in [-0.2, 0) is 14.3 Å². The van der Waals surface area contributed by atoms with Gasteiger partial charge >= 0.3 is 5.97 Å². The highest BCUT2D eigenvalue weighted by atomic mass is 32.1. The smallest absolute Gasteiger partial charge is 0.341 e. The molecule has 126 valence electrons. The summed E-state index contributed by atoms with van der Waals surface area (Å²) in [4.78, 5) is 36.7. The van der Waals surface area contributed by atoms with Crippen molar-refractivity contribution in [1.29, 1.82) is 0 Å². The fourth-order valence-corrected chi connectivity index (χ4v) is 3.09. The molecule has 0 aromatic carbocycles. The minimum atomic E-state index is -0.579. The lowest BCUT2D eigenvalue weighted by Gasteiger charge is -2.08. The van der Waals surface area contributed by atoms with Crippen molar-refractivity contribution >= 4 is 34.1 Å². The maximum Gasteiger partial charge on any atom is 0.341 e. The Bertz CT molecular complexity index is 620. The average Bonchev–Trinajstić information content (AvgIpc) is 3.31. The lowest BCUT2D eigenvalue weighted by atomic mass is 10.1. The van der Waals surface area contributed by atoms with Crippen LogP contribution < -0.4 is 10.6 Å². The minimum absolute atomic E-state index is 0.0546. The van der Waals surface area contributed by atoms with Crippen LogP contribution in [0.25, 0.3) is 0 Å². The largest absolute Gasteiger partial charge is 0.452 e. The van der Waals surface area contributed by atoms with Gasteiger partial charge in [0.05, 0.1) is 5.56 Å². The van der Waals surface area contributed by atoms with Crippen LogP contribution >= 0.6 is 11.3 Å². The molecule has 1 aliphatic rings. The predicted octanol–water partition coefficient (Wildman–Crippen LogP) is 2.40. The number of nitrogens with one attached hydrogen (secondary N) is 2. The van der Waals surface area contributed by atoms with E-state index in [0.717, 1.165) is 29.7 Å². The molecule has 1 fully saturated rings. The van der Waals surface area contributed by atoms with E-state index in [1.807, 2.05) is 20.8 Å². The molecular weight excluding hydrogens is 316 g/mol. The van der Waals surface area contributed by atoms with Crippen LogP contribution in [0, 0.1) is 19.8 Å². The minimum Gasteiger partial charge on any atom is -0.452 e. The maximum atomic E-state index is 12.3. The van der Waals surface area contributed by atoms with Crippen LogP contribution in [0.4, 0.5) is 5.00 Å². The Balaban J connectivity index is 2.03. The van der Waals surface area contributed by atoms with E-state index in [1.165, 1.54) is 11.3 Å². The third kappa shape index (κ3) is 4.54. The molecule has 2 amide bonds. The molecule has 2 rings (SSSR count). The Morgan fingerprint density at radius 3 is 2.57 bits per heavy atom. The molecule has 1 aromatic heterocycles. The summed E-state index contributed by atoms with van der Waals surface area (Å²) in [5.41, 5.74) is 1.13. The van der Waals surface area contributed by atoms with Gasteiger partial charge in [-0.15, -0.1) is 11.3 Å². The van der Waals surface area contributed by atoms with E-state index in [2.05, 4.69) is 10.6 Å². The second-order valence-electron chi connectivity index (χ2n) is 5.68. The van der Waals surface area contributed by atoms with Crippen molar-refractivity contribution in [2.75, 3.05) is 18.5 Å². The molecule has 0 atom stereocenters. The number of aryl methyl sites for hydroxylation is 1. The molecular formula is C16H22N2O4S. The molecule has 0 radical (unpaired) electrons. The van der Waals surface area contributed by atoms with Gasteiger partial charge in [0.1, 0.15) is 5.00 Å². The molecule has 1 heterocycles. The molecule has 0 unspecified atom stereocenters.